The standard InChI is InChI=1S/C21H22ClN3O2S/c1-4-13(2)25-20(27)17-10-5-6-11-18(17)24-21(25)28-14(3)19(26)23-16-9-7-8-15(22)12-16/h5-14H,4H2,1-3H3,(H,23,26)/t13-,14-/m1/s1. The highest BCUT2D eigenvalue weighted by atomic mass is 35.5. The van der Waals surface area contributed by atoms with Crippen molar-refractivity contribution < 1.29 is 4.79 Å². The minimum atomic E-state index is -0.442. The topological polar surface area (TPSA) is 64.0 Å². The van der Waals surface area contributed by atoms with Crippen LogP contribution in [0.25, 0.3) is 10.9 Å². The van der Waals surface area contributed by atoms with Gasteiger partial charge >= 0.3 is 0 Å². The molecule has 0 spiro atoms. The van der Waals surface area contributed by atoms with Gasteiger partial charge in [0.15, 0.2) is 5.16 Å². The summed E-state index contributed by atoms with van der Waals surface area (Å²) in [7, 11) is 0. The van der Waals surface area contributed by atoms with Crippen molar-refractivity contribution in [2.24, 2.45) is 0 Å². The van der Waals surface area contributed by atoms with Crippen LogP contribution in [0.4, 0.5) is 5.69 Å². The van der Waals surface area contributed by atoms with Crippen LogP contribution in [0, 0.1) is 0 Å². The number of carbonyl (C=O) groups is 1. The van der Waals surface area contributed by atoms with Gasteiger partial charge in [-0.2, -0.15) is 0 Å². The highest BCUT2D eigenvalue weighted by Crippen LogP contribution is 2.27. The molecule has 146 valence electrons. The van der Waals surface area contributed by atoms with Gasteiger partial charge < -0.3 is 5.32 Å². The Labute approximate surface area is 173 Å². The van der Waals surface area contributed by atoms with Crippen LogP contribution in [0.15, 0.2) is 58.5 Å². The second kappa shape index (κ2) is 8.80. The third kappa shape index (κ3) is 4.39. The molecule has 3 rings (SSSR count). The summed E-state index contributed by atoms with van der Waals surface area (Å²) in [5.41, 5.74) is 1.19. The molecule has 1 amide bonds. The van der Waals surface area contributed by atoms with Crippen LogP contribution < -0.4 is 10.9 Å². The molecule has 1 heterocycles. The van der Waals surface area contributed by atoms with Gasteiger partial charge in [0, 0.05) is 16.8 Å². The minimum Gasteiger partial charge on any atom is -0.325 e. The van der Waals surface area contributed by atoms with E-state index >= 15 is 0 Å². The minimum absolute atomic E-state index is 0.0182. The number of carbonyl (C=O) groups excluding carboxylic acids is 1. The largest absolute Gasteiger partial charge is 0.325 e. The first kappa shape index (κ1) is 20.4. The van der Waals surface area contributed by atoms with Crippen molar-refractivity contribution in [1.82, 2.24) is 9.55 Å². The van der Waals surface area contributed by atoms with Gasteiger partial charge in [-0.25, -0.2) is 4.98 Å². The molecule has 0 aliphatic carbocycles. The zero-order valence-electron chi connectivity index (χ0n) is 16.0. The van der Waals surface area contributed by atoms with Crippen LogP contribution in [-0.4, -0.2) is 20.7 Å². The maximum Gasteiger partial charge on any atom is 0.262 e. The third-order valence-corrected chi connectivity index (χ3v) is 5.85. The van der Waals surface area contributed by atoms with Crippen molar-refractivity contribution in [2.75, 3.05) is 5.32 Å². The van der Waals surface area contributed by atoms with Gasteiger partial charge in [0.1, 0.15) is 0 Å². The molecular formula is C21H22ClN3O2S. The van der Waals surface area contributed by atoms with Crippen molar-refractivity contribution in [3.63, 3.8) is 0 Å². The Kier molecular flexibility index (Phi) is 6.42. The molecule has 2 atom stereocenters. The third-order valence-electron chi connectivity index (χ3n) is 4.55. The first-order chi connectivity index (χ1) is 13.4. The van der Waals surface area contributed by atoms with Gasteiger partial charge in [-0.3, -0.25) is 14.2 Å². The summed E-state index contributed by atoms with van der Waals surface area (Å²) in [5, 5.41) is 4.11. The van der Waals surface area contributed by atoms with E-state index in [1.54, 1.807) is 41.8 Å². The van der Waals surface area contributed by atoms with Gasteiger partial charge in [-0.05, 0) is 50.6 Å². The number of hydrogen-bond acceptors (Lipinski definition) is 4. The van der Waals surface area contributed by atoms with E-state index in [0.29, 0.717) is 26.8 Å². The van der Waals surface area contributed by atoms with E-state index in [2.05, 4.69) is 10.3 Å². The van der Waals surface area contributed by atoms with Crippen molar-refractivity contribution in [3.8, 4) is 0 Å². The van der Waals surface area contributed by atoms with E-state index in [1.807, 2.05) is 32.0 Å². The average molecular weight is 416 g/mol. The number of fused-ring (bicyclic) bond motifs is 1. The molecule has 7 heteroatoms. The Balaban J connectivity index is 1.91. The van der Waals surface area contributed by atoms with Gasteiger partial charge in [0.05, 0.1) is 16.2 Å². The fourth-order valence-corrected chi connectivity index (χ4v) is 4.00. The summed E-state index contributed by atoms with van der Waals surface area (Å²) in [5.74, 6) is -0.176. The number of rotatable bonds is 6. The molecule has 0 aliphatic heterocycles. The van der Waals surface area contributed by atoms with Gasteiger partial charge in [-0.15, -0.1) is 0 Å². The second-order valence-corrected chi connectivity index (χ2v) is 8.35. The summed E-state index contributed by atoms with van der Waals surface area (Å²) < 4.78 is 1.69. The number of hydrogen-bond donors (Lipinski definition) is 1. The van der Waals surface area contributed by atoms with E-state index in [1.165, 1.54) is 11.8 Å². The van der Waals surface area contributed by atoms with Crippen LogP contribution in [0.1, 0.15) is 33.2 Å². The number of halogens is 1. The lowest BCUT2D eigenvalue weighted by atomic mass is 10.2. The monoisotopic (exact) mass is 415 g/mol. The average Bonchev–Trinajstić information content (AvgIpc) is 2.67. The maximum absolute atomic E-state index is 13.0. The lowest BCUT2D eigenvalue weighted by Gasteiger charge is -2.20. The Morgan fingerprint density at radius 3 is 2.68 bits per heavy atom. The Bertz CT molecular complexity index is 1070. The first-order valence-corrected chi connectivity index (χ1v) is 10.4. The molecule has 0 fully saturated rings. The van der Waals surface area contributed by atoms with Crippen molar-refractivity contribution in [1.29, 1.82) is 0 Å². The summed E-state index contributed by atoms with van der Waals surface area (Å²) in [6, 6.07) is 14.3. The number of amides is 1. The maximum atomic E-state index is 13.0. The lowest BCUT2D eigenvalue weighted by molar-refractivity contribution is -0.115. The first-order valence-electron chi connectivity index (χ1n) is 9.15. The van der Waals surface area contributed by atoms with E-state index in [-0.39, 0.29) is 17.5 Å². The Morgan fingerprint density at radius 1 is 1.21 bits per heavy atom. The molecule has 1 N–H and O–H groups in total. The van der Waals surface area contributed by atoms with Crippen LogP contribution >= 0.6 is 23.4 Å². The molecule has 0 saturated carbocycles. The predicted molar refractivity (Wildman–Crippen MR) is 116 cm³/mol. The van der Waals surface area contributed by atoms with Gasteiger partial charge in [0.2, 0.25) is 5.91 Å². The molecule has 28 heavy (non-hydrogen) atoms. The number of thioether (sulfide) groups is 1. The number of para-hydroxylation sites is 1. The zero-order chi connectivity index (χ0) is 20.3. The fourth-order valence-electron chi connectivity index (χ4n) is 2.80. The molecule has 1 aromatic heterocycles. The fraction of sp³-hybridized carbons (Fsp3) is 0.286. The molecule has 0 unspecified atom stereocenters. The quantitative estimate of drug-likeness (QED) is 0.447. The van der Waals surface area contributed by atoms with E-state index in [9.17, 15) is 9.59 Å². The molecular weight excluding hydrogens is 394 g/mol. The molecule has 0 radical (unpaired) electrons. The van der Waals surface area contributed by atoms with E-state index < -0.39 is 5.25 Å². The number of aromatic nitrogens is 2. The molecule has 2 aromatic carbocycles. The van der Waals surface area contributed by atoms with Crippen LogP contribution in [0.2, 0.25) is 5.02 Å². The molecule has 5 nitrogen and oxygen atoms in total. The van der Waals surface area contributed by atoms with Crippen LogP contribution in [-0.2, 0) is 4.79 Å². The highest BCUT2D eigenvalue weighted by molar-refractivity contribution is 8.00. The van der Waals surface area contributed by atoms with E-state index in [0.717, 1.165) is 6.42 Å². The molecule has 0 saturated heterocycles. The zero-order valence-corrected chi connectivity index (χ0v) is 17.6. The molecule has 3 aromatic rings. The predicted octanol–water partition coefficient (Wildman–Crippen LogP) is 5.14. The molecule has 0 bridgehead atoms. The number of anilines is 1. The number of benzene rings is 2. The summed E-state index contributed by atoms with van der Waals surface area (Å²) in [6.07, 6.45) is 0.788. The number of nitrogens with one attached hydrogen (secondary N) is 1. The summed E-state index contributed by atoms with van der Waals surface area (Å²) >= 11 is 7.26. The smallest absolute Gasteiger partial charge is 0.262 e. The van der Waals surface area contributed by atoms with Crippen LogP contribution in [0.3, 0.4) is 0 Å². The van der Waals surface area contributed by atoms with Gasteiger partial charge in [0.25, 0.3) is 5.56 Å². The summed E-state index contributed by atoms with van der Waals surface area (Å²) in [4.78, 5) is 30.3. The molecule has 0 aliphatic rings. The van der Waals surface area contributed by atoms with Crippen molar-refractivity contribution in [3.05, 3.63) is 63.9 Å². The summed E-state index contributed by atoms with van der Waals surface area (Å²) in [6.45, 7) is 5.81. The number of nitrogens with zero attached hydrogens (tertiary/aromatic N) is 2. The Morgan fingerprint density at radius 2 is 1.96 bits per heavy atom. The Hall–Kier alpha value is -2.31. The van der Waals surface area contributed by atoms with Crippen molar-refractivity contribution >= 4 is 45.9 Å². The van der Waals surface area contributed by atoms with Gasteiger partial charge in [-0.1, -0.05) is 48.5 Å². The normalized spacial score (nSPS) is 13.3. The second-order valence-electron chi connectivity index (χ2n) is 6.60. The van der Waals surface area contributed by atoms with E-state index in [4.69, 9.17) is 11.6 Å². The lowest BCUT2D eigenvalue weighted by Crippen LogP contribution is -2.28. The van der Waals surface area contributed by atoms with Crippen LogP contribution in [0.5, 0.6) is 0 Å². The SMILES string of the molecule is CC[C@@H](C)n1c(S[C@H](C)C(=O)Nc2cccc(Cl)c2)nc2ccccc2c1=O. The highest BCUT2D eigenvalue weighted by Gasteiger charge is 2.21. The van der Waals surface area contributed by atoms with Crippen molar-refractivity contribution in [2.45, 2.75) is 43.6 Å².